The van der Waals surface area contributed by atoms with Crippen LogP contribution in [-0.4, -0.2) is 96.7 Å². The van der Waals surface area contributed by atoms with Crippen molar-refractivity contribution >= 4 is 39.5 Å². The Kier molecular flexibility index (Phi) is 61.3. The van der Waals surface area contributed by atoms with Crippen LogP contribution < -0.4 is 0 Å². The van der Waals surface area contributed by atoms with Crippen molar-refractivity contribution in [2.75, 3.05) is 39.6 Å². The van der Waals surface area contributed by atoms with Crippen molar-refractivity contribution in [3.63, 3.8) is 0 Å². The van der Waals surface area contributed by atoms with Crippen molar-refractivity contribution in [2.45, 2.75) is 382 Å². The molecule has 0 saturated carbocycles. The third-order valence-corrected chi connectivity index (χ3v) is 19.1. The topological polar surface area (TPSA) is 237 Å². The summed E-state index contributed by atoms with van der Waals surface area (Å²) in [6.45, 7) is 14.2. The highest BCUT2D eigenvalue weighted by Gasteiger charge is 2.30. The molecule has 0 rings (SSSR count). The van der Waals surface area contributed by atoms with Crippen molar-refractivity contribution < 1.29 is 80.2 Å². The third-order valence-electron chi connectivity index (χ3n) is 17.2. The molecule has 0 radical (unpaired) electrons. The number of unbranched alkanes of at least 4 members (excludes halogenated alkanes) is 35. The molecule has 17 nitrogen and oxygen atoms in total. The second-order valence-electron chi connectivity index (χ2n) is 28.0. The van der Waals surface area contributed by atoms with Gasteiger partial charge >= 0.3 is 39.5 Å². The quantitative estimate of drug-likeness (QED) is 0.0222. The van der Waals surface area contributed by atoms with Gasteiger partial charge in [0.05, 0.1) is 26.4 Å². The van der Waals surface area contributed by atoms with Gasteiger partial charge in [-0.1, -0.05) is 312 Å². The number of carbonyl (C=O) groups is 4. The average molecular weight is 1350 g/mol. The molecule has 0 aliphatic carbocycles. The second kappa shape index (κ2) is 62.6. The van der Waals surface area contributed by atoms with Gasteiger partial charge in [-0.15, -0.1) is 0 Å². The second-order valence-corrected chi connectivity index (χ2v) is 30.9. The zero-order chi connectivity index (χ0) is 68.2. The number of hydrogen-bond acceptors (Lipinski definition) is 15. The van der Waals surface area contributed by atoms with Crippen LogP contribution in [0.5, 0.6) is 0 Å². The van der Waals surface area contributed by atoms with Crippen LogP contribution in [0.1, 0.15) is 364 Å². The summed E-state index contributed by atoms with van der Waals surface area (Å²) in [5.74, 6) is 0.924. The highest BCUT2D eigenvalue weighted by atomic mass is 31.2. The Bertz CT molecular complexity index is 1820. The molecule has 0 saturated heterocycles. The van der Waals surface area contributed by atoms with E-state index in [2.05, 4.69) is 55.4 Å². The van der Waals surface area contributed by atoms with Gasteiger partial charge in [0.25, 0.3) is 0 Å². The minimum atomic E-state index is -4.96. The fourth-order valence-corrected chi connectivity index (χ4v) is 12.6. The third kappa shape index (κ3) is 65.4. The molecule has 92 heavy (non-hydrogen) atoms. The number of carbonyl (C=O) groups excluding carboxylic acids is 4. The van der Waals surface area contributed by atoms with Crippen molar-refractivity contribution in [3.05, 3.63) is 0 Å². The lowest BCUT2D eigenvalue weighted by molar-refractivity contribution is -0.161. The summed E-state index contributed by atoms with van der Waals surface area (Å²) < 4.78 is 68.4. The van der Waals surface area contributed by atoms with Crippen molar-refractivity contribution in [3.8, 4) is 0 Å². The van der Waals surface area contributed by atoms with Crippen LogP contribution in [-0.2, 0) is 65.4 Å². The van der Waals surface area contributed by atoms with Crippen molar-refractivity contribution in [1.29, 1.82) is 0 Å². The first-order valence-electron chi connectivity index (χ1n) is 37.7. The number of aliphatic hydroxyl groups is 1. The Morgan fingerprint density at radius 1 is 0.304 bits per heavy atom. The van der Waals surface area contributed by atoms with E-state index in [0.717, 1.165) is 114 Å². The van der Waals surface area contributed by atoms with E-state index in [9.17, 15) is 43.2 Å². The molecule has 0 aliphatic rings. The normalized spacial score (nSPS) is 14.5. The first kappa shape index (κ1) is 90.1. The Morgan fingerprint density at radius 2 is 0.522 bits per heavy atom. The average Bonchev–Trinajstić information content (AvgIpc) is 1.94. The van der Waals surface area contributed by atoms with Gasteiger partial charge in [-0.25, -0.2) is 9.13 Å². The smallest absolute Gasteiger partial charge is 0.462 e. The van der Waals surface area contributed by atoms with Gasteiger partial charge in [0.15, 0.2) is 12.2 Å². The van der Waals surface area contributed by atoms with Gasteiger partial charge in [0.2, 0.25) is 0 Å². The maximum atomic E-state index is 13.1. The van der Waals surface area contributed by atoms with E-state index in [-0.39, 0.29) is 25.7 Å². The van der Waals surface area contributed by atoms with Crippen molar-refractivity contribution in [1.82, 2.24) is 0 Å². The van der Waals surface area contributed by atoms with Gasteiger partial charge in [-0.05, 0) is 49.4 Å². The summed E-state index contributed by atoms with van der Waals surface area (Å²) in [5.41, 5.74) is 0. The minimum Gasteiger partial charge on any atom is -0.462 e. The molecular formula is C73H142O17P2. The van der Waals surface area contributed by atoms with Crippen LogP contribution in [0.4, 0.5) is 0 Å². The van der Waals surface area contributed by atoms with Gasteiger partial charge in [-0.2, -0.15) is 0 Å². The highest BCUT2D eigenvalue weighted by molar-refractivity contribution is 7.47. The first-order chi connectivity index (χ1) is 44.1. The number of hydrogen-bond donors (Lipinski definition) is 3. The number of rotatable bonds is 70. The summed E-state index contributed by atoms with van der Waals surface area (Å²) in [7, 11) is -9.91. The standard InChI is InChI=1S/C73H142O17P2/c1-9-66(8)52-44-36-28-23-24-30-38-46-54-71(76)84-60-69(90-73(78)56-48-40-32-22-16-19-27-35-43-51-65(6)7)62-88-92(81,82)86-58-67(74)57-85-91(79,80)87-61-68(59-83-70(75)53-45-37-29-20-15-14-18-26-34-42-50-64(4)5)89-72(77)55-47-39-31-21-13-11-10-12-17-25-33-41-49-63(2)3/h63-69,74H,9-62H2,1-8H3,(H,79,80)(H,81,82)/t66?,67-,68-,69-/m1/s1. The number of esters is 4. The van der Waals surface area contributed by atoms with Crippen LogP contribution in [0.2, 0.25) is 0 Å². The summed E-state index contributed by atoms with van der Waals surface area (Å²) in [5, 5.41) is 10.6. The summed E-state index contributed by atoms with van der Waals surface area (Å²) in [4.78, 5) is 72.7. The van der Waals surface area contributed by atoms with Crippen LogP contribution in [0.15, 0.2) is 0 Å². The fraction of sp³-hybridized carbons (Fsp3) is 0.945. The number of aliphatic hydroxyl groups excluding tert-OH is 1. The Morgan fingerprint density at radius 3 is 0.772 bits per heavy atom. The Hall–Kier alpha value is -1.94. The SMILES string of the molecule is CCC(C)CCCCCCCCCCC(=O)OC[C@H](COP(=O)(O)OC[C@H](O)COP(=O)(O)OC[C@@H](COC(=O)CCCCCCCCCCCCC(C)C)OC(=O)CCCCCCCCCCCCCCC(C)C)OC(=O)CCCCCCCCCCCC(C)C. The Labute approximate surface area is 562 Å². The van der Waals surface area contributed by atoms with E-state index >= 15 is 0 Å². The lowest BCUT2D eigenvalue weighted by Gasteiger charge is -2.21. The van der Waals surface area contributed by atoms with E-state index < -0.39 is 97.5 Å². The molecule has 3 N–H and O–H groups in total. The monoisotopic (exact) mass is 1350 g/mol. The van der Waals surface area contributed by atoms with Crippen LogP contribution >= 0.6 is 15.6 Å². The predicted molar refractivity (Wildman–Crippen MR) is 372 cm³/mol. The molecule has 19 heteroatoms. The zero-order valence-electron chi connectivity index (χ0n) is 60.2. The summed E-state index contributed by atoms with van der Waals surface area (Å²) in [6, 6.07) is 0. The molecule has 3 unspecified atom stereocenters. The van der Waals surface area contributed by atoms with Crippen LogP contribution in [0.3, 0.4) is 0 Å². The predicted octanol–water partition coefficient (Wildman–Crippen LogP) is 20.9. The van der Waals surface area contributed by atoms with Crippen LogP contribution in [0, 0.1) is 23.7 Å². The highest BCUT2D eigenvalue weighted by Crippen LogP contribution is 2.45. The molecule has 0 heterocycles. The van der Waals surface area contributed by atoms with E-state index in [0.29, 0.717) is 25.7 Å². The van der Waals surface area contributed by atoms with E-state index in [4.69, 9.17) is 37.0 Å². The lowest BCUT2D eigenvalue weighted by atomic mass is 9.99. The summed E-state index contributed by atoms with van der Waals surface area (Å²) >= 11 is 0. The number of phosphoric acid groups is 2. The molecule has 0 aromatic heterocycles. The molecule has 0 fully saturated rings. The molecular weight excluding hydrogens is 1210 g/mol. The number of phosphoric ester groups is 2. The largest absolute Gasteiger partial charge is 0.472 e. The molecule has 0 aromatic rings. The summed E-state index contributed by atoms with van der Waals surface area (Å²) in [6.07, 6.45) is 45.7. The van der Waals surface area contributed by atoms with Gasteiger partial charge in [-0.3, -0.25) is 37.3 Å². The van der Waals surface area contributed by atoms with E-state index in [1.165, 1.54) is 167 Å². The molecule has 0 spiro atoms. The lowest BCUT2D eigenvalue weighted by Crippen LogP contribution is -2.30. The van der Waals surface area contributed by atoms with E-state index in [1.807, 2.05) is 0 Å². The van der Waals surface area contributed by atoms with Gasteiger partial charge < -0.3 is 33.8 Å². The fourth-order valence-electron chi connectivity index (χ4n) is 11.0. The van der Waals surface area contributed by atoms with Crippen LogP contribution in [0.25, 0.3) is 0 Å². The Balaban J connectivity index is 5.28. The van der Waals surface area contributed by atoms with Gasteiger partial charge in [0, 0.05) is 25.7 Å². The maximum absolute atomic E-state index is 13.1. The molecule has 0 aromatic carbocycles. The number of ether oxygens (including phenoxy) is 4. The first-order valence-corrected chi connectivity index (χ1v) is 40.7. The van der Waals surface area contributed by atoms with Crippen molar-refractivity contribution in [2.24, 2.45) is 23.7 Å². The molecule has 0 aliphatic heterocycles. The molecule has 6 atom stereocenters. The van der Waals surface area contributed by atoms with E-state index in [1.54, 1.807) is 0 Å². The molecule has 0 amide bonds. The molecule has 546 valence electrons. The minimum absolute atomic E-state index is 0.104. The van der Waals surface area contributed by atoms with Gasteiger partial charge in [0.1, 0.15) is 19.3 Å². The zero-order valence-corrected chi connectivity index (χ0v) is 62.0. The molecule has 0 bridgehead atoms. The maximum Gasteiger partial charge on any atom is 0.472 e.